The Kier molecular flexibility index (Phi) is 4.84. The monoisotopic (exact) mass is 431 g/mol. The van der Waals surface area contributed by atoms with Gasteiger partial charge in [-0.2, -0.15) is 0 Å². The maximum atomic E-state index is 13.3. The molecule has 7 heteroatoms. The summed E-state index contributed by atoms with van der Waals surface area (Å²) in [6.07, 6.45) is 3.57. The number of amides is 1. The van der Waals surface area contributed by atoms with Crippen molar-refractivity contribution in [2.45, 2.75) is 12.6 Å². The van der Waals surface area contributed by atoms with Crippen LogP contribution < -0.4 is 10.6 Å². The highest BCUT2D eigenvalue weighted by atomic mass is 35.5. The second-order valence-corrected chi connectivity index (χ2v) is 7.70. The number of ketones is 1. The van der Waals surface area contributed by atoms with Crippen molar-refractivity contribution in [1.82, 2.24) is 4.57 Å². The van der Waals surface area contributed by atoms with Gasteiger partial charge in [0.1, 0.15) is 6.04 Å². The number of anilines is 2. The van der Waals surface area contributed by atoms with Gasteiger partial charge in [-0.15, -0.1) is 0 Å². The Balaban J connectivity index is 1.37. The number of rotatable bonds is 4. The molecule has 0 radical (unpaired) electrons. The molecule has 1 amide bonds. The Bertz CT molecular complexity index is 1270. The van der Waals surface area contributed by atoms with Crippen molar-refractivity contribution in [3.05, 3.63) is 107 Å². The predicted molar refractivity (Wildman–Crippen MR) is 119 cm³/mol. The molecule has 2 N–H and O–H groups in total. The molecule has 5 rings (SSSR count). The number of nitrogens with zero attached hydrogens (tertiary/aromatic N) is 1. The van der Waals surface area contributed by atoms with Gasteiger partial charge in [0.05, 0.1) is 23.4 Å². The molecule has 1 atom stereocenters. The molecule has 4 aromatic rings. The molecular weight excluding hydrogens is 414 g/mol. The fraction of sp³-hybridized carbons (Fsp3) is 0.0833. The molecule has 0 bridgehead atoms. The Morgan fingerprint density at radius 2 is 1.84 bits per heavy atom. The fourth-order valence-electron chi connectivity index (χ4n) is 3.74. The summed E-state index contributed by atoms with van der Waals surface area (Å²) in [6, 6.07) is 18.8. The number of carbonyl (C=O) groups excluding carboxylic acids is 2. The lowest BCUT2D eigenvalue weighted by Gasteiger charge is -2.17. The largest absolute Gasteiger partial charge is 0.449 e. The van der Waals surface area contributed by atoms with Crippen LogP contribution >= 0.6 is 11.6 Å². The lowest BCUT2D eigenvalue weighted by Crippen LogP contribution is -2.22. The first-order valence-corrected chi connectivity index (χ1v) is 10.2. The van der Waals surface area contributed by atoms with Gasteiger partial charge in [0.15, 0.2) is 11.7 Å². The minimum Gasteiger partial charge on any atom is -0.449 e. The average molecular weight is 432 g/mol. The predicted octanol–water partition coefficient (Wildman–Crippen LogP) is 5.38. The third-order valence-corrected chi connectivity index (χ3v) is 5.66. The Hall–Kier alpha value is -3.77. The van der Waals surface area contributed by atoms with Crippen molar-refractivity contribution >= 4 is 34.9 Å². The first kappa shape index (κ1) is 19.2. The van der Waals surface area contributed by atoms with Crippen LogP contribution in [0.25, 0.3) is 0 Å². The molecule has 1 aliphatic rings. The summed E-state index contributed by atoms with van der Waals surface area (Å²) in [4.78, 5) is 25.8. The summed E-state index contributed by atoms with van der Waals surface area (Å²) in [5, 5.41) is 6.42. The minimum absolute atomic E-state index is 0.0896. The van der Waals surface area contributed by atoms with Gasteiger partial charge in [-0.1, -0.05) is 23.7 Å². The molecule has 0 spiro atoms. The molecule has 0 saturated heterocycles. The van der Waals surface area contributed by atoms with Crippen LogP contribution in [0.5, 0.6) is 0 Å². The van der Waals surface area contributed by atoms with Crippen molar-refractivity contribution < 1.29 is 14.0 Å². The van der Waals surface area contributed by atoms with E-state index in [0.29, 0.717) is 34.3 Å². The van der Waals surface area contributed by atoms with E-state index in [1.165, 1.54) is 0 Å². The van der Waals surface area contributed by atoms with Crippen LogP contribution in [0.4, 0.5) is 11.6 Å². The highest BCUT2D eigenvalue weighted by molar-refractivity contribution is 6.34. The lowest BCUT2D eigenvalue weighted by molar-refractivity contribution is 0.0965. The van der Waals surface area contributed by atoms with Crippen molar-refractivity contribution in [2.75, 3.05) is 10.6 Å². The molecule has 3 heterocycles. The van der Waals surface area contributed by atoms with Crippen LogP contribution in [-0.2, 0) is 6.54 Å². The van der Waals surface area contributed by atoms with E-state index >= 15 is 0 Å². The van der Waals surface area contributed by atoms with Gasteiger partial charge in [-0.05, 0) is 54.6 Å². The maximum absolute atomic E-state index is 13.3. The first-order chi connectivity index (χ1) is 15.1. The van der Waals surface area contributed by atoms with Gasteiger partial charge < -0.3 is 19.6 Å². The van der Waals surface area contributed by atoms with E-state index in [0.717, 1.165) is 11.3 Å². The molecule has 1 aliphatic heterocycles. The van der Waals surface area contributed by atoms with Crippen molar-refractivity contribution in [3.8, 4) is 0 Å². The number of fused-ring (bicyclic) bond motifs is 2. The molecule has 0 fully saturated rings. The Morgan fingerprint density at radius 1 is 1.03 bits per heavy atom. The number of carbonyl (C=O) groups is 2. The topological polar surface area (TPSA) is 76.3 Å². The number of hydrogen-bond donors (Lipinski definition) is 2. The number of nitrogens with one attached hydrogen (secondary N) is 2. The highest BCUT2D eigenvalue weighted by Crippen LogP contribution is 2.32. The van der Waals surface area contributed by atoms with Gasteiger partial charge in [0, 0.05) is 28.7 Å². The summed E-state index contributed by atoms with van der Waals surface area (Å²) in [7, 11) is 0. The Labute approximate surface area is 183 Å². The first-order valence-electron chi connectivity index (χ1n) is 9.78. The SMILES string of the molecule is O=C(Nc1ccc(C(=O)C2Nc3occc3Cn3cccc32)cc1)c1ccccc1Cl. The van der Waals surface area contributed by atoms with Crippen LogP contribution in [0.2, 0.25) is 5.02 Å². The zero-order valence-electron chi connectivity index (χ0n) is 16.3. The van der Waals surface area contributed by atoms with E-state index in [2.05, 4.69) is 10.6 Å². The van der Waals surface area contributed by atoms with Crippen molar-refractivity contribution in [3.63, 3.8) is 0 Å². The molecular formula is C24H18ClN3O3. The second kappa shape index (κ2) is 7.81. The molecule has 1 unspecified atom stereocenters. The number of benzene rings is 2. The van der Waals surface area contributed by atoms with E-state index in [1.807, 2.05) is 29.0 Å². The van der Waals surface area contributed by atoms with Gasteiger partial charge in [-0.3, -0.25) is 9.59 Å². The number of halogens is 1. The van der Waals surface area contributed by atoms with Crippen LogP contribution in [0, 0.1) is 0 Å². The molecule has 154 valence electrons. The summed E-state index contributed by atoms with van der Waals surface area (Å²) in [5.41, 5.74) is 3.35. The van der Waals surface area contributed by atoms with E-state index in [4.69, 9.17) is 16.0 Å². The van der Waals surface area contributed by atoms with E-state index in [9.17, 15) is 9.59 Å². The Morgan fingerprint density at radius 3 is 2.65 bits per heavy atom. The molecule has 0 saturated carbocycles. The summed E-state index contributed by atoms with van der Waals surface area (Å²) >= 11 is 6.09. The van der Waals surface area contributed by atoms with Gasteiger partial charge >= 0.3 is 0 Å². The fourth-order valence-corrected chi connectivity index (χ4v) is 3.96. The zero-order chi connectivity index (χ0) is 21.4. The second-order valence-electron chi connectivity index (χ2n) is 7.29. The number of furan rings is 1. The normalized spacial score (nSPS) is 14.7. The van der Waals surface area contributed by atoms with E-state index < -0.39 is 6.04 Å². The zero-order valence-corrected chi connectivity index (χ0v) is 17.1. The molecule has 6 nitrogen and oxygen atoms in total. The van der Waals surface area contributed by atoms with Gasteiger partial charge in [-0.25, -0.2) is 0 Å². The van der Waals surface area contributed by atoms with Crippen molar-refractivity contribution in [1.29, 1.82) is 0 Å². The molecule has 31 heavy (non-hydrogen) atoms. The van der Waals surface area contributed by atoms with Crippen LogP contribution in [0.3, 0.4) is 0 Å². The highest BCUT2D eigenvalue weighted by Gasteiger charge is 2.29. The summed E-state index contributed by atoms with van der Waals surface area (Å²) in [6.45, 7) is 0.637. The average Bonchev–Trinajstić information content (AvgIpc) is 3.39. The number of hydrogen-bond acceptors (Lipinski definition) is 4. The third-order valence-electron chi connectivity index (χ3n) is 5.33. The molecule has 2 aromatic heterocycles. The smallest absolute Gasteiger partial charge is 0.257 e. The molecule has 0 aliphatic carbocycles. The number of Topliss-reactive ketones (excluding diaryl/α,β-unsaturated/α-hetero) is 1. The van der Waals surface area contributed by atoms with E-state index in [1.54, 1.807) is 54.8 Å². The maximum Gasteiger partial charge on any atom is 0.257 e. The van der Waals surface area contributed by atoms with E-state index in [-0.39, 0.29) is 11.7 Å². The quantitative estimate of drug-likeness (QED) is 0.425. The van der Waals surface area contributed by atoms with Gasteiger partial charge in [0.25, 0.3) is 5.91 Å². The third kappa shape index (κ3) is 3.62. The number of aromatic nitrogens is 1. The van der Waals surface area contributed by atoms with Crippen molar-refractivity contribution in [2.24, 2.45) is 0 Å². The van der Waals surface area contributed by atoms with Crippen LogP contribution in [-0.4, -0.2) is 16.3 Å². The van der Waals surface area contributed by atoms with Gasteiger partial charge in [0.2, 0.25) is 0 Å². The summed E-state index contributed by atoms with van der Waals surface area (Å²) < 4.78 is 7.57. The molecule has 2 aromatic carbocycles. The standard InChI is InChI=1S/C24H18ClN3O3/c25-19-5-2-1-4-18(19)23(30)26-17-9-7-15(8-10-17)22(29)21-20-6-3-12-28(20)14-16-11-13-31-24(16)27-21/h1-13,21,27H,14H2,(H,26,30). The van der Waals surface area contributed by atoms with Crippen LogP contribution in [0.15, 0.2) is 83.6 Å². The summed E-state index contributed by atoms with van der Waals surface area (Å²) in [5.74, 6) is 0.206. The lowest BCUT2D eigenvalue weighted by atomic mass is 10.0. The minimum atomic E-state index is -0.578. The van der Waals surface area contributed by atoms with Crippen LogP contribution in [0.1, 0.15) is 38.0 Å².